The maximum atomic E-state index is 5.45. The summed E-state index contributed by atoms with van der Waals surface area (Å²) in [5.41, 5.74) is 3.57. The Morgan fingerprint density at radius 3 is 2.55 bits per heavy atom. The zero-order chi connectivity index (χ0) is 14.5. The molecular weight excluding hydrogens is 252 g/mol. The van der Waals surface area contributed by atoms with E-state index in [0.29, 0.717) is 12.0 Å². The van der Waals surface area contributed by atoms with Crippen LogP contribution >= 0.6 is 0 Å². The minimum atomic E-state index is 0.575. The molecule has 2 heterocycles. The first-order valence-electron chi connectivity index (χ1n) is 7.62. The zero-order valence-corrected chi connectivity index (χ0v) is 13.2. The molecule has 20 heavy (non-hydrogen) atoms. The first-order valence-corrected chi connectivity index (χ1v) is 7.62. The van der Waals surface area contributed by atoms with Crippen molar-refractivity contribution < 1.29 is 4.74 Å². The highest BCUT2D eigenvalue weighted by molar-refractivity contribution is 5.22. The van der Waals surface area contributed by atoms with Gasteiger partial charge in [0.1, 0.15) is 0 Å². The summed E-state index contributed by atoms with van der Waals surface area (Å²) in [4.78, 5) is 2.55. The zero-order valence-electron chi connectivity index (χ0n) is 13.2. The van der Waals surface area contributed by atoms with Gasteiger partial charge in [-0.25, -0.2) is 0 Å². The number of aromatic amines is 1. The van der Waals surface area contributed by atoms with Crippen LogP contribution in [0, 0.1) is 19.8 Å². The van der Waals surface area contributed by atoms with Crippen LogP contribution in [0.25, 0.3) is 0 Å². The maximum Gasteiger partial charge on any atom is 0.0638 e. The number of rotatable bonds is 6. The number of H-pyrrole nitrogens is 1. The van der Waals surface area contributed by atoms with Gasteiger partial charge in [0.15, 0.2) is 0 Å². The average Bonchev–Trinajstić information content (AvgIpc) is 2.75. The lowest BCUT2D eigenvalue weighted by molar-refractivity contribution is 0.00647. The van der Waals surface area contributed by atoms with E-state index in [0.717, 1.165) is 45.1 Å². The fraction of sp³-hybridized carbons (Fsp3) is 0.800. The Bertz CT molecular complexity index is 391. The van der Waals surface area contributed by atoms with Crippen LogP contribution < -0.4 is 5.32 Å². The largest absolute Gasteiger partial charge is 0.379 e. The van der Waals surface area contributed by atoms with Crippen molar-refractivity contribution in [1.82, 2.24) is 20.4 Å². The van der Waals surface area contributed by atoms with Crippen molar-refractivity contribution in [3.8, 4) is 0 Å². The Kier molecular flexibility index (Phi) is 5.57. The van der Waals surface area contributed by atoms with Crippen molar-refractivity contribution in [3.05, 3.63) is 17.0 Å². The van der Waals surface area contributed by atoms with Gasteiger partial charge in [-0.05, 0) is 19.8 Å². The number of hydrogen-bond acceptors (Lipinski definition) is 4. The summed E-state index contributed by atoms with van der Waals surface area (Å²) < 4.78 is 5.45. The van der Waals surface area contributed by atoms with Crippen LogP contribution in [0.15, 0.2) is 0 Å². The van der Waals surface area contributed by atoms with Crippen LogP contribution in [0.4, 0.5) is 0 Å². The van der Waals surface area contributed by atoms with Gasteiger partial charge in [0.2, 0.25) is 0 Å². The van der Waals surface area contributed by atoms with E-state index in [9.17, 15) is 0 Å². The lowest BCUT2D eigenvalue weighted by Crippen LogP contribution is -2.50. The second kappa shape index (κ2) is 7.20. The van der Waals surface area contributed by atoms with Gasteiger partial charge in [0.05, 0.1) is 18.9 Å². The maximum absolute atomic E-state index is 5.45. The number of morpholine rings is 1. The first-order chi connectivity index (χ1) is 9.59. The van der Waals surface area contributed by atoms with Gasteiger partial charge in [-0.1, -0.05) is 13.8 Å². The van der Waals surface area contributed by atoms with Gasteiger partial charge < -0.3 is 10.1 Å². The third-order valence-electron chi connectivity index (χ3n) is 4.22. The molecule has 1 aliphatic heterocycles. The molecule has 2 N–H and O–H groups in total. The molecule has 2 rings (SSSR count). The molecule has 1 aromatic rings. The molecule has 0 radical (unpaired) electrons. The summed E-state index contributed by atoms with van der Waals surface area (Å²) in [5, 5.41) is 10.9. The Morgan fingerprint density at radius 1 is 1.30 bits per heavy atom. The van der Waals surface area contributed by atoms with Crippen LogP contribution in [-0.4, -0.2) is 54.0 Å². The number of hydrogen-bond donors (Lipinski definition) is 2. The molecule has 5 heteroatoms. The van der Waals surface area contributed by atoms with Gasteiger partial charge in [0, 0.05) is 43.5 Å². The molecule has 5 nitrogen and oxygen atoms in total. The highest BCUT2D eigenvalue weighted by Gasteiger charge is 2.23. The van der Waals surface area contributed by atoms with E-state index in [-0.39, 0.29) is 0 Å². The van der Waals surface area contributed by atoms with Crippen molar-refractivity contribution in [2.75, 3.05) is 32.8 Å². The minimum absolute atomic E-state index is 0.575. The lowest BCUT2D eigenvalue weighted by atomic mass is 10.0. The third-order valence-corrected chi connectivity index (χ3v) is 4.22. The van der Waals surface area contributed by atoms with Crippen molar-refractivity contribution in [2.45, 2.75) is 40.3 Å². The first kappa shape index (κ1) is 15.5. The van der Waals surface area contributed by atoms with Crippen molar-refractivity contribution >= 4 is 0 Å². The van der Waals surface area contributed by atoms with Gasteiger partial charge >= 0.3 is 0 Å². The molecule has 114 valence electrons. The Morgan fingerprint density at radius 2 is 2.00 bits per heavy atom. The highest BCUT2D eigenvalue weighted by Crippen LogP contribution is 2.13. The number of aromatic nitrogens is 2. The molecule has 0 bridgehead atoms. The van der Waals surface area contributed by atoms with Gasteiger partial charge in [0.25, 0.3) is 0 Å². The van der Waals surface area contributed by atoms with E-state index < -0.39 is 0 Å². The highest BCUT2D eigenvalue weighted by atomic mass is 16.5. The summed E-state index contributed by atoms with van der Waals surface area (Å²) in [7, 11) is 0. The summed E-state index contributed by atoms with van der Waals surface area (Å²) in [6.45, 7) is 14.5. The summed E-state index contributed by atoms with van der Waals surface area (Å²) >= 11 is 0. The number of aryl methyl sites for hydroxylation is 2. The Labute approximate surface area is 122 Å². The second-order valence-electron chi connectivity index (χ2n) is 6.00. The number of ether oxygens (including phenoxy) is 1. The van der Waals surface area contributed by atoms with E-state index in [1.807, 2.05) is 0 Å². The van der Waals surface area contributed by atoms with E-state index in [1.54, 1.807) is 0 Å². The monoisotopic (exact) mass is 280 g/mol. The predicted octanol–water partition coefficient (Wildman–Crippen LogP) is 1.47. The SMILES string of the molecule is Cc1n[nH]c(C)c1CNCC(C(C)C)N1CCOCC1. The minimum Gasteiger partial charge on any atom is -0.379 e. The molecule has 1 aromatic heterocycles. The van der Waals surface area contributed by atoms with Crippen LogP contribution in [0.3, 0.4) is 0 Å². The normalized spacial score (nSPS) is 18.6. The quantitative estimate of drug-likeness (QED) is 0.828. The molecule has 1 fully saturated rings. The molecule has 1 aliphatic rings. The van der Waals surface area contributed by atoms with E-state index in [1.165, 1.54) is 11.3 Å². The van der Waals surface area contributed by atoms with Crippen LogP contribution in [0.5, 0.6) is 0 Å². The molecule has 0 spiro atoms. The van der Waals surface area contributed by atoms with Gasteiger partial charge in [-0.15, -0.1) is 0 Å². The molecule has 0 amide bonds. The second-order valence-corrected chi connectivity index (χ2v) is 6.00. The topological polar surface area (TPSA) is 53.2 Å². The third kappa shape index (κ3) is 3.81. The molecule has 1 saturated heterocycles. The van der Waals surface area contributed by atoms with Gasteiger partial charge in [-0.2, -0.15) is 5.10 Å². The summed E-state index contributed by atoms with van der Waals surface area (Å²) in [6, 6.07) is 0.575. The molecule has 1 atom stereocenters. The van der Waals surface area contributed by atoms with Crippen LogP contribution in [0.1, 0.15) is 30.8 Å². The van der Waals surface area contributed by atoms with Crippen molar-refractivity contribution in [2.24, 2.45) is 5.92 Å². The van der Waals surface area contributed by atoms with E-state index >= 15 is 0 Å². The molecule has 0 aromatic carbocycles. The lowest BCUT2D eigenvalue weighted by Gasteiger charge is -2.37. The fourth-order valence-electron chi connectivity index (χ4n) is 2.88. The fourth-order valence-corrected chi connectivity index (χ4v) is 2.88. The molecule has 1 unspecified atom stereocenters. The predicted molar refractivity (Wildman–Crippen MR) is 80.8 cm³/mol. The van der Waals surface area contributed by atoms with Crippen LogP contribution in [0.2, 0.25) is 0 Å². The number of nitrogens with one attached hydrogen (secondary N) is 2. The molecule has 0 aliphatic carbocycles. The van der Waals surface area contributed by atoms with E-state index in [4.69, 9.17) is 4.74 Å². The van der Waals surface area contributed by atoms with Crippen LogP contribution in [-0.2, 0) is 11.3 Å². The number of nitrogens with zero attached hydrogens (tertiary/aromatic N) is 2. The summed E-state index contributed by atoms with van der Waals surface area (Å²) in [6.07, 6.45) is 0. The average molecular weight is 280 g/mol. The van der Waals surface area contributed by atoms with E-state index in [2.05, 4.69) is 48.1 Å². The molecule has 0 saturated carbocycles. The van der Waals surface area contributed by atoms with Crippen molar-refractivity contribution in [1.29, 1.82) is 0 Å². The Hall–Kier alpha value is -0.910. The standard InChI is InChI=1S/C15H28N4O/c1-11(2)15(19-5-7-20-8-6-19)10-16-9-14-12(3)17-18-13(14)4/h11,15-16H,5-10H2,1-4H3,(H,17,18). The van der Waals surface area contributed by atoms with Gasteiger partial charge in [-0.3, -0.25) is 10.00 Å². The summed E-state index contributed by atoms with van der Waals surface area (Å²) in [5.74, 6) is 0.646. The molecular formula is C15H28N4O. The Balaban J connectivity index is 1.86. The van der Waals surface area contributed by atoms with Crippen molar-refractivity contribution in [3.63, 3.8) is 0 Å². The smallest absolute Gasteiger partial charge is 0.0638 e.